The normalized spacial score (nSPS) is 15.3. The highest BCUT2D eigenvalue weighted by atomic mass is 32.2. The molecule has 0 radical (unpaired) electrons. The predicted octanol–water partition coefficient (Wildman–Crippen LogP) is 2.74. The van der Waals surface area contributed by atoms with Gasteiger partial charge in [0, 0.05) is 6.54 Å². The Morgan fingerprint density at radius 3 is 2.24 bits per heavy atom. The summed E-state index contributed by atoms with van der Waals surface area (Å²) in [6, 6.07) is 14.8. The topological polar surface area (TPSA) is 102 Å². The molecule has 3 rings (SSSR count). The van der Waals surface area contributed by atoms with Crippen LogP contribution in [0.2, 0.25) is 0 Å². The number of amides is 1. The molecule has 1 amide bonds. The highest BCUT2D eigenvalue weighted by molar-refractivity contribution is 7.89. The van der Waals surface area contributed by atoms with Gasteiger partial charge in [-0.3, -0.25) is 9.69 Å². The molecular formula is C25H35N3O4S. The van der Waals surface area contributed by atoms with Crippen LogP contribution in [0.4, 0.5) is 0 Å². The van der Waals surface area contributed by atoms with Crippen LogP contribution < -0.4 is 15.2 Å². The highest BCUT2D eigenvalue weighted by Crippen LogP contribution is 2.23. The molecule has 0 aliphatic carbocycles. The number of hydrogen-bond donors (Lipinski definition) is 2. The van der Waals surface area contributed by atoms with Gasteiger partial charge in [-0.1, -0.05) is 24.3 Å². The third-order valence-electron chi connectivity index (χ3n) is 6.14. The van der Waals surface area contributed by atoms with E-state index in [0.717, 1.165) is 43.7 Å². The van der Waals surface area contributed by atoms with Gasteiger partial charge in [0.15, 0.2) is 0 Å². The molecule has 1 aliphatic heterocycles. The summed E-state index contributed by atoms with van der Waals surface area (Å²) in [6.45, 7) is 5.53. The van der Waals surface area contributed by atoms with Gasteiger partial charge in [0.2, 0.25) is 15.9 Å². The summed E-state index contributed by atoms with van der Waals surface area (Å²) in [4.78, 5) is 14.6. The first-order valence-electron chi connectivity index (χ1n) is 11.7. The number of hydrogen-bond acceptors (Lipinski definition) is 5. The molecule has 7 nitrogen and oxygen atoms in total. The van der Waals surface area contributed by atoms with E-state index >= 15 is 0 Å². The molecule has 2 aromatic carbocycles. The average molecular weight is 474 g/mol. The Hall–Kier alpha value is -2.42. The highest BCUT2D eigenvalue weighted by Gasteiger charge is 2.20. The van der Waals surface area contributed by atoms with Crippen molar-refractivity contribution in [3.05, 3.63) is 59.7 Å². The summed E-state index contributed by atoms with van der Waals surface area (Å²) in [5.74, 6) is 1.66. The Morgan fingerprint density at radius 1 is 1.03 bits per heavy atom. The maximum absolute atomic E-state index is 12.3. The molecule has 1 aliphatic rings. The second-order valence-corrected chi connectivity index (χ2v) is 10.2. The van der Waals surface area contributed by atoms with Crippen molar-refractivity contribution in [2.24, 2.45) is 11.1 Å². The molecule has 0 spiro atoms. The Labute approximate surface area is 197 Å². The van der Waals surface area contributed by atoms with Crippen LogP contribution in [0.1, 0.15) is 37.3 Å². The zero-order valence-electron chi connectivity index (χ0n) is 19.3. The SMILES string of the molecule is CCOc1ccc(CCC2CCN(CC(=O)NCCc3ccc(S(N)(=O)=O)cc3)CC2)cc1. The number of aryl methyl sites for hydroxylation is 1. The van der Waals surface area contributed by atoms with Crippen molar-refractivity contribution in [3.8, 4) is 5.75 Å². The van der Waals surface area contributed by atoms with E-state index in [1.165, 1.54) is 24.1 Å². The minimum absolute atomic E-state index is 0.0315. The van der Waals surface area contributed by atoms with Gasteiger partial charge in [-0.2, -0.15) is 0 Å². The molecule has 33 heavy (non-hydrogen) atoms. The van der Waals surface area contributed by atoms with E-state index in [1.54, 1.807) is 12.1 Å². The number of nitrogens with zero attached hydrogens (tertiary/aromatic N) is 1. The van der Waals surface area contributed by atoms with Crippen molar-refractivity contribution in [1.82, 2.24) is 10.2 Å². The van der Waals surface area contributed by atoms with Crippen molar-refractivity contribution >= 4 is 15.9 Å². The molecule has 180 valence electrons. The number of nitrogens with one attached hydrogen (secondary N) is 1. The molecule has 1 heterocycles. The zero-order chi connectivity index (χ0) is 23.7. The number of primary sulfonamides is 1. The standard InChI is InChI=1S/C25H35N3O4S/c1-2-32-23-9-5-20(6-10-23)3-4-22-14-17-28(18-15-22)19-25(29)27-16-13-21-7-11-24(12-8-21)33(26,30)31/h5-12,22H,2-4,13-19H2,1H3,(H,27,29)(H2,26,30,31). The first-order chi connectivity index (χ1) is 15.8. The molecule has 0 bridgehead atoms. The molecule has 1 saturated heterocycles. The number of sulfonamides is 1. The number of carbonyl (C=O) groups is 1. The number of piperidine rings is 1. The quantitative estimate of drug-likeness (QED) is 0.523. The smallest absolute Gasteiger partial charge is 0.238 e. The van der Waals surface area contributed by atoms with Gasteiger partial charge in [-0.15, -0.1) is 0 Å². The lowest BCUT2D eigenvalue weighted by Crippen LogP contribution is -2.42. The van der Waals surface area contributed by atoms with Gasteiger partial charge in [-0.25, -0.2) is 13.6 Å². The number of nitrogens with two attached hydrogens (primary N) is 1. The first kappa shape index (κ1) is 25.2. The monoisotopic (exact) mass is 473 g/mol. The molecular weight excluding hydrogens is 438 g/mol. The Bertz CT molecular complexity index is 983. The predicted molar refractivity (Wildman–Crippen MR) is 130 cm³/mol. The van der Waals surface area contributed by atoms with E-state index < -0.39 is 10.0 Å². The third kappa shape index (κ3) is 8.46. The van der Waals surface area contributed by atoms with Crippen molar-refractivity contribution < 1.29 is 17.9 Å². The minimum atomic E-state index is -3.68. The molecule has 0 aromatic heterocycles. The van der Waals surface area contributed by atoms with Crippen molar-refractivity contribution in [2.45, 2.75) is 43.9 Å². The van der Waals surface area contributed by atoms with E-state index in [0.29, 0.717) is 32.0 Å². The van der Waals surface area contributed by atoms with E-state index in [2.05, 4.69) is 22.3 Å². The molecule has 0 atom stereocenters. The van der Waals surface area contributed by atoms with Crippen LogP contribution in [0.3, 0.4) is 0 Å². The van der Waals surface area contributed by atoms with Crippen LogP contribution >= 0.6 is 0 Å². The van der Waals surface area contributed by atoms with Gasteiger partial charge < -0.3 is 10.1 Å². The van der Waals surface area contributed by atoms with E-state index in [-0.39, 0.29) is 10.8 Å². The van der Waals surface area contributed by atoms with Gasteiger partial charge in [0.05, 0.1) is 18.0 Å². The van der Waals surface area contributed by atoms with Crippen molar-refractivity contribution in [3.63, 3.8) is 0 Å². The number of ether oxygens (including phenoxy) is 1. The van der Waals surface area contributed by atoms with Crippen molar-refractivity contribution in [1.29, 1.82) is 0 Å². The lowest BCUT2D eigenvalue weighted by atomic mass is 9.90. The van der Waals surface area contributed by atoms with Crippen LogP contribution in [0.5, 0.6) is 5.75 Å². The summed E-state index contributed by atoms with van der Waals surface area (Å²) in [7, 11) is -3.68. The van der Waals surface area contributed by atoms with Crippen LogP contribution in [0, 0.1) is 5.92 Å². The third-order valence-corrected chi connectivity index (χ3v) is 7.07. The van der Waals surface area contributed by atoms with Gasteiger partial charge in [-0.05, 0) is 93.4 Å². The fraction of sp³-hybridized carbons (Fsp3) is 0.480. The van der Waals surface area contributed by atoms with Crippen molar-refractivity contribution in [2.75, 3.05) is 32.8 Å². The number of carbonyl (C=O) groups excluding carboxylic acids is 1. The lowest BCUT2D eigenvalue weighted by Gasteiger charge is -2.31. The molecule has 0 saturated carbocycles. The van der Waals surface area contributed by atoms with E-state index in [1.807, 2.05) is 19.1 Å². The van der Waals surface area contributed by atoms with Crippen LogP contribution in [0.15, 0.2) is 53.4 Å². The lowest BCUT2D eigenvalue weighted by molar-refractivity contribution is -0.122. The average Bonchev–Trinajstić information content (AvgIpc) is 2.79. The summed E-state index contributed by atoms with van der Waals surface area (Å²) in [5.41, 5.74) is 2.30. The molecule has 1 fully saturated rings. The fourth-order valence-corrected chi connectivity index (χ4v) is 4.69. The molecule has 3 N–H and O–H groups in total. The Morgan fingerprint density at radius 2 is 1.64 bits per heavy atom. The summed E-state index contributed by atoms with van der Waals surface area (Å²) >= 11 is 0. The number of likely N-dealkylation sites (tertiary alicyclic amines) is 1. The maximum Gasteiger partial charge on any atom is 0.238 e. The molecule has 2 aromatic rings. The fourth-order valence-electron chi connectivity index (χ4n) is 4.17. The van der Waals surface area contributed by atoms with Gasteiger partial charge in [0.1, 0.15) is 5.75 Å². The second kappa shape index (κ2) is 12.2. The molecule has 0 unspecified atom stereocenters. The summed E-state index contributed by atoms with van der Waals surface area (Å²) in [6.07, 6.45) is 5.15. The summed E-state index contributed by atoms with van der Waals surface area (Å²) in [5, 5.41) is 8.07. The number of rotatable bonds is 11. The van der Waals surface area contributed by atoms with E-state index in [9.17, 15) is 13.2 Å². The van der Waals surface area contributed by atoms with Crippen LogP contribution in [-0.4, -0.2) is 52.0 Å². The van der Waals surface area contributed by atoms with Crippen LogP contribution in [0.25, 0.3) is 0 Å². The maximum atomic E-state index is 12.3. The Kier molecular flexibility index (Phi) is 9.29. The first-order valence-corrected chi connectivity index (χ1v) is 13.2. The van der Waals surface area contributed by atoms with Gasteiger partial charge >= 0.3 is 0 Å². The van der Waals surface area contributed by atoms with E-state index in [4.69, 9.17) is 9.88 Å². The minimum Gasteiger partial charge on any atom is -0.494 e. The van der Waals surface area contributed by atoms with Gasteiger partial charge in [0.25, 0.3) is 0 Å². The largest absolute Gasteiger partial charge is 0.494 e. The Balaban J connectivity index is 1.30. The molecule has 8 heteroatoms. The summed E-state index contributed by atoms with van der Waals surface area (Å²) < 4.78 is 28.1. The zero-order valence-corrected chi connectivity index (χ0v) is 20.1. The number of benzene rings is 2. The van der Waals surface area contributed by atoms with Crippen LogP contribution in [-0.2, 0) is 27.7 Å². The second-order valence-electron chi connectivity index (χ2n) is 8.62.